The molecule has 0 aliphatic carbocycles. The molecule has 2 aromatic rings. The number of nitrogens with one attached hydrogen (secondary N) is 1. The lowest BCUT2D eigenvalue weighted by atomic mass is 10.1. The van der Waals surface area contributed by atoms with Crippen LogP contribution in [-0.4, -0.2) is 16.3 Å². The minimum Gasteiger partial charge on any atom is -0.309 e. The molecule has 116 valence electrons. The van der Waals surface area contributed by atoms with E-state index in [1.807, 2.05) is 23.1 Å². The fourth-order valence-corrected chi connectivity index (χ4v) is 4.04. The Balaban J connectivity index is 2.21. The zero-order valence-corrected chi connectivity index (χ0v) is 15.6. The Morgan fingerprint density at radius 1 is 1.38 bits per heavy atom. The summed E-state index contributed by atoms with van der Waals surface area (Å²) >= 11 is 5.48. The SMILES string of the molecule is CCCNC(Cc1cc(CC)nn1C)c1cc(C)c(Br)s1. The fraction of sp³-hybridized carbons (Fsp3) is 0.562. The number of hydrogen-bond acceptors (Lipinski definition) is 3. The zero-order chi connectivity index (χ0) is 15.4. The number of nitrogens with zero attached hydrogens (tertiary/aromatic N) is 2. The van der Waals surface area contributed by atoms with Crippen molar-refractivity contribution in [2.24, 2.45) is 7.05 Å². The van der Waals surface area contributed by atoms with Crippen LogP contribution >= 0.6 is 27.3 Å². The monoisotopic (exact) mass is 369 g/mol. The molecule has 3 nitrogen and oxygen atoms in total. The van der Waals surface area contributed by atoms with Crippen molar-refractivity contribution in [3.63, 3.8) is 0 Å². The summed E-state index contributed by atoms with van der Waals surface area (Å²) in [5.41, 5.74) is 3.78. The van der Waals surface area contributed by atoms with Gasteiger partial charge in [0.1, 0.15) is 0 Å². The van der Waals surface area contributed by atoms with E-state index in [-0.39, 0.29) is 0 Å². The number of aryl methyl sites for hydroxylation is 3. The second-order valence-corrected chi connectivity index (χ2v) is 7.82. The van der Waals surface area contributed by atoms with Gasteiger partial charge in [-0.25, -0.2) is 0 Å². The van der Waals surface area contributed by atoms with E-state index in [0.717, 1.165) is 25.8 Å². The summed E-state index contributed by atoms with van der Waals surface area (Å²) in [6, 6.07) is 4.88. The Kier molecular flexibility index (Phi) is 6.02. The molecule has 0 radical (unpaired) electrons. The standard InChI is InChI=1S/C16H24BrN3S/c1-5-7-18-14(15-8-11(3)16(17)21-15)10-13-9-12(6-2)19-20(13)4/h8-9,14,18H,5-7,10H2,1-4H3. The molecule has 5 heteroatoms. The predicted molar refractivity (Wildman–Crippen MR) is 94.1 cm³/mol. The van der Waals surface area contributed by atoms with Crippen molar-refractivity contribution < 1.29 is 0 Å². The number of thiophene rings is 1. The van der Waals surface area contributed by atoms with Gasteiger partial charge >= 0.3 is 0 Å². The number of aromatic nitrogens is 2. The second kappa shape index (κ2) is 7.56. The van der Waals surface area contributed by atoms with Gasteiger partial charge in [0.25, 0.3) is 0 Å². The third-order valence-corrected chi connectivity index (χ3v) is 5.91. The highest BCUT2D eigenvalue weighted by Crippen LogP contribution is 2.33. The molecule has 0 fully saturated rings. The molecule has 0 amide bonds. The smallest absolute Gasteiger partial charge is 0.0731 e. The van der Waals surface area contributed by atoms with Crippen molar-refractivity contribution in [3.8, 4) is 0 Å². The first-order valence-corrected chi connectivity index (χ1v) is 9.17. The molecule has 21 heavy (non-hydrogen) atoms. The van der Waals surface area contributed by atoms with E-state index in [9.17, 15) is 0 Å². The molecule has 0 bridgehead atoms. The lowest BCUT2D eigenvalue weighted by Gasteiger charge is -2.17. The maximum Gasteiger partial charge on any atom is 0.0731 e. The van der Waals surface area contributed by atoms with Crippen LogP contribution in [0.2, 0.25) is 0 Å². The second-order valence-electron chi connectivity index (χ2n) is 5.42. The summed E-state index contributed by atoms with van der Waals surface area (Å²) in [5, 5.41) is 8.24. The predicted octanol–water partition coefficient (Wildman–Crippen LogP) is 4.40. The van der Waals surface area contributed by atoms with Crippen LogP contribution in [0.25, 0.3) is 0 Å². The minimum atomic E-state index is 0.361. The van der Waals surface area contributed by atoms with Gasteiger partial charge in [-0.05, 0) is 59.9 Å². The van der Waals surface area contributed by atoms with Gasteiger partial charge in [0.15, 0.2) is 0 Å². The minimum absolute atomic E-state index is 0.361. The maximum atomic E-state index is 4.56. The van der Waals surface area contributed by atoms with Gasteiger partial charge < -0.3 is 5.32 Å². The molecule has 0 aromatic carbocycles. The summed E-state index contributed by atoms with van der Waals surface area (Å²) < 4.78 is 3.26. The summed E-state index contributed by atoms with van der Waals surface area (Å²) in [6.45, 7) is 7.55. The number of hydrogen-bond donors (Lipinski definition) is 1. The summed E-state index contributed by atoms with van der Waals surface area (Å²) in [6.07, 6.45) is 3.12. The van der Waals surface area contributed by atoms with Crippen LogP contribution in [0.5, 0.6) is 0 Å². The van der Waals surface area contributed by atoms with Crippen molar-refractivity contribution in [2.75, 3.05) is 6.54 Å². The third-order valence-electron chi connectivity index (χ3n) is 3.66. The van der Waals surface area contributed by atoms with Gasteiger partial charge in [0.05, 0.1) is 9.48 Å². The normalized spacial score (nSPS) is 12.8. The molecule has 2 rings (SSSR count). The van der Waals surface area contributed by atoms with Crippen molar-refractivity contribution in [2.45, 2.75) is 46.1 Å². The quantitative estimate of drug-likeness (QED) is 0.783. The van der Waals surface area contributed by atoms with Crippen LogP contribution in [0.1, 0.15) is 48.1 Å². The van der Waals surface area contributed by atoms with E-state index in [1.165, 1.54) is 25.6 Å². The summed E-state index contributed by atoms with van der Waals surface area (Å²) in [7, 11) is 2.04. The molecule has 2 heterocycles. The Morgan fingerprint density at radius 2 is 2.14 bits per heavy atom. The highest BCUT2D eigenvalue weighted by atomic mass is 79.9. The number of rotatable bonds is 7. The number of halogens is 1. The van der Waals surface area contributed by atoms with Gasteiger partial charge in [-0.2, -0.15) is 5.10 Å². The Bertz CT molecular complexity index is 569. The average Bonchev–Trinajstić information content (AvgIpc) is 2.98. The van der Waals surface area contributed by atoms with Crippen LogP contribution in [-0.2, 0) is 19.9 Å². The molecule has 1 atom stereocenters. The van der Waals surface area contributed by atoms with Crippen LogP contribution in [0.4, 0.5) is 0 Å². The molecule has 0 aliphatic heterocycles. The Labute approximate surface area is 139 Å². The molecule has 2 aromatic heterocycles. The molecule has 0 spiro atoms. The van der Waals surface area contributed by atoms with Gasteiger partial charge in [0, 0.05) is 30.1 Å². The van der Waals surface area contributed by atoms with Crippen molar-refractivity contribution in [1.29, 1.82) is 0 Å². The highest BCUT2D eigenvalue weighted by molar-refractivity contribution is 9.11. The lowest BCUT2D eigenvalue weighted by molar-refractivity contribution is 0.518. The molecular formula is C16H24BrN3S. The van der Waals surface area contributed by atoms with Crippen LogP contribution in [0.15, 0.2) is 15.9 Å². The molecule has 0 saturated carbocycles. The molecule has 1 unspecified atom stereocenters. The maximum absolute atomic E-state index is 4.56. The van der Waals surface area contributed by atoms with Crippen LogP contribution in [0, 0.1) is 6.92 Å². The van der Waals surface area contributed by atoms with Crippen LogP contribution < -0.4 is 5.32 Å². The van der Waals surface area contributed by atoms with Crippen molar-refractivity contribution in [1.82, 2.24) is 15.1 Å². The first kappa shape index (κ1) is 16.7. The van der Waals surface area contributed by atoms with Gasteiger partial charge in [0.2, 0.25) is 0 Å². The van der Waals surface area contributed by atoms with E-state index in [1.54, 1.807) is 0 Å². The van der Waals surface area contributed by atoms with Gasteiger partial charge in [-0.3, -0.25) is 4.68 Å². The third kappa shape index (κ3) is 4.18. The van der Waals surface area contributed by atoms with E-state index >= 15 is 0 Å². The molecular weight excluding hydrogens is 346 g/mol. The highest BCUT2D eigenvalue weighted by Gasteiger charge is 2.17. The summed E-state index contributed by atoms with van der Waals surface area (Å²) in [4.78, 5) is 1.40. The van der Waals surface area contributed by atoms with E-state index < -0.39 is 0 Å². The van der Waals surface area contributed by atoms with E-state index in [0.29, 0.717) is 6.04 Å². The van der Waals surface area contributed by atoms with Gasteiger partial charge in [-0.1, -0.05) is 13.8 Å². The summed E-state index contributed by atoms with van der Waals surface area (Å²) in [5.74, 6) is 0. The topological polar surface area (TPSA) is 29.9 Å². The van der Waals surface area contributed by atoms with Crippen molar-refractivity contribution >= 4 is 27.3 Å². The van der Waals surface area contributed by atoms with Crippen LogP contribution in [0.3, 0.4) is 0 Å². The molecule has 0 aliphatic rings. The lowest BCUT2D eigenvalue weighted by Crippen LogP contribution is -2.24. The van der Waals surface area contributed by atoms with Gasteiger partial charge in [-0.15, -0.1) is 11.3 Å². The van der Waals surface area contributed by atoms with E-state index in [2.05, 4.69) is 59.2 Å². The van der Waals surface area contributed by atoms with Crippen molar-refractivity contribution in [3.05, 3.63) is 37.7 Å². The first-order valence-electron chi connectivity index (χ1n) is 7.56. The molecule has 1 N–H and O–H groups in total. The van der Waals surface area contributed by atoms with E-state index in [4.69, 9.17) is 0 Å². The fourth-order valence-electron chi connectivity index (χ4n) is 2.39. The zero-order valence-electron chi connectivity index (χ0n) is 13.2. The Hall–Kier alpha value is -0.650. The largest absolute Gasteiger partial charge is 0.309 e. The molecule has 0 saturated heterocycles. The average molecular weight is 370 g/mol. The first-order chi connectivity index (χ1) is 10.0. The Morgan fingerprint density at radius 3 is 2.67 bits per heavy atom.